The molecule has 0 aromatic carbocycles. The van der Waals surface area contributed by atoms with Crippen LogP contribution in [0.5, 0.6) is 0 Å². The number of carboxylic acid groups (broad SMARTS) is 1. The van der Waals surface area contributed by atoms with Crippen LogP contribution in [0, 0.1) is 5.92 Å². The highest BCUT2D eigenvalue weighted by Crippen LogP contribution is 2.07. The highest BCUT2D eigenvalue weighted by molar-refractivity contribution is 5.76. The Balaban J connectivity index is 2.39. The Morgan fingerprint density at radius 2 is 2.00 bits per heavy atom. The molecular weight excluding hydrogens is 274 g/mol. The van der Waals surface area contributed by atoms with Crippen molar-refractivity contribution in [2.75, 3.05) is 45.9 Å². The number of nitrogens with one attached hydrogen (secondary N) is 1. The largest absolute Gasteiger partial charge is 0.481 e. The van der Waals surface area contributed by atoms with E-state index in [0.717, 1.165) is 25.9 Å². The van der Waals surface area contributed by atoms with Crippen molar-refractivity contribution >= 4 is 12.0 Å². The normalized spacial score (nSPS) is 18.1. The predicted octanol–water partition coefficient (Wildman–Crippen LogP) is 0.197. The van der Waals surface area contributed by atoms with E-state index in [2.05, 4.69) is 10.2 Å². The lowest BCUT2D eigenvalue weighted by atomic mass is 10.0. The minimum atomic E-state index is -0.859. The van der Waals surface area contributed by atoms with Crippen LogP contribution in [0.4, 0.5) is 4.79 Å². The fraction of sp³-hybridized carbons (Fsp3) is 0.857. The molecule has 0 saturated carbocycles. The number of carbonyl (C=O) groups is 2. The lowest BCUT2D eigenvalue weighted by Gasteiger charge is -2.23. The number of aliphatic carboxylic acids is 1. The van der Waals surface area contributed by atoms with Crippen LogP contribution in [0.2, 0.25) is 0 Å². The van der Waals surface area contributed by atoms with Gasteiger partial charge in [-0.1, -0.05) is 13.3 Å². The first kappa shape index (κ1) is 17.7. The lowest BCUT2D eigenvalue weighted by Crippen LogP contribution is -2.44. The van der Waals surface area contributed by atoms with Crippen molar-refractivity contribution in [1.82, 2.24) is 15.1 Å². The number of carboxylic acids is 1. The Morgan fingerprint density at radius 1 is 1.24 bits per heavy atom. The fourth-order valence-electron chi connectivity index (χ4n) is 2.52. The molecule has 7 heteroatoms. The van der Waals surface area contributed by atoms with Crippen molar-refractivity contribution in [3.8, 4) is 0 Å². The second kappa shape index (κ2) is 9.57. The molecule has 1 fully saturated rings. The summed E-state index contributed by atoms with van der Waals surface area (Å²) in [4.78, 5) is 27.0. The van der Waals surface area contributed by atoms with Crippen LogP contribution >= 0.6 is 0 Å². The Kier molecular flexibility index (Phi) is 8.07. The molecule has 0 spiro atoms. The van der Waals surface area contributed by atoms with Gasteiger partial charge in [-0.25, -0.2) is 4.79 Å². The number of hydrogen-bond acceptors (Lipinski definition) is 4. The summed E-state index contributed by atoms with van der Waals surface area (Å²) >= 11 is 0. The van der Waals surface area contributed by atoms with Crippen LogP contribution in [0.1, 0.15) is 26.2 Å². The molecule has 0 aliphatic carbocycles. The van der Waals surface area contributed by atoms with E-state index in [9.17, 15) is 9.59 Å². The van der Waals surface area contributed by atoms with Gasteiger partial charge in [-0.15, -0.1) is 0 Å². The molecule has 1 heterocycles. The van der Waals surface area contributed by atoms with Crippen LogP contribution in [0.15, 0.2) is 0 Å². The molecule has 0 bridgehead atoms. The fourth-order valence-corrected chi connectivity index (χ4v) is 2.52. The predicted molar refractivity (Wildman–Crippen MR) is 79.1 cm³/mol. The summed E-state index contributed by atoms with van der Waals surface area (Å²) in [5.74, 6) is -1.38. The number of rotatable bonds is 7. The molecular formula is C14H27N3O4. The van der Waals surface area contributed by atoms with Crippen molar-refractivity contribution in [1.29, 1.82) is 0 Å². The average molecular weight is 301 g/mol. The zero-order valence-electron chi connectivity index (χ0n) is 12.8. The zero-order valence-corrected chi connectivity index (χ0v) is 12.8. The second-order valence-corrected chi connectivity index (χ2v) is 5.42. The topological polar surface area (TPSA) is 93.1 Å². The van der Waals surface area contributed by atoms with Gasteiger partial charge in [-0.2, -0.15) is 0 Å². The average Bonchev–Trinajstić information content (AvgIpc) is 2.69. The van der Waals surface area contributed by atoms with Gasteiger partial charge in [0, 0.05) is 32.7 Å². The molecule has 3 N–H and O–H groups in total. The minimum Gasteiger partial charge on any atom is -0.481 e. The summed E-state index contributed by atoms with van der Waals surface area (Å²) in [6.07, 6.45) is 2.22. The maximum absolute atomic E-state index is 12.1. The van der Waals surface area contributed by atoms with Crippen LogP contribution in [0.25, 0.3) is 0 Å². The summed E-state index contributed by atoms with van der Waals surface area (Å²) in [5.41, 5.74) is 0. The van der Waals surface area contributed by atoms with E-state index in [-0.39, 0.29) is 19.2 Å². The maximum atomic E-state index is 12.1. The van der Waals surface area contributed by atoms with Gasteiger partial charge < -0.3 is 20.4 Å². The molecule has 7 nitrogen and oxygen atoms in total. The van der Waals surface area contributed by atoms with Crippen LogP contribution in [-0.4, -0.2) is 77.9 Å². The molecule has 1 unspecified atom stereocenters. The molecule has 1 atom stereocenters. The second-order valence-electron chi connectivity index (χ2n) is 5.42. The molecule has 0 aromatic rings. The Bertz CT molecular complexity index is 338. The number of aliphatic hydroxyl groups is 1. The number of β-amino-alcohol motifs (C(OH)–C–C–N with tert-alkyl or cyclic N) is 1. The third-order valence-corrected chi connectivity index (χ3v) is 3.78. The molecule has 1 aliphatic heterocycles. The summed E-state index contributed by atoms with van der Waals surface area (Å²) < 4.78 is 0. The number of nitrogens with zero attached hydrogens (tertiary/aromatic N) is 2. The van der Waals surface area contributed by atoms with Crippen molar-refractivity contribution in [2.45, 2.75) is 26.2 Å². The molecule has 21 heavy (non-hydrogen) atoms. The highest BCUT2D eigenvalue weighted by atomic mass is 16.4. The van der Waals surface area contributed by atoms with E-state index in [1.807, 2.05) is 6.92 Å². The van der Waals surface area contributed by atoms with Gasteiger partial charge in [0.2, 0.25) is 0 Å². The molecule has 122 valence electrons. The highest BCUT2D eigenvalue weighted by Gasteiger charge is 2.21. The molecule has 0 radical (unpaired) electrons. The Hall–Kier alpha value is -1.34. The standard InChI is InChI=1S/C14H27N3O4/c1-2-4-12(13(19)20)11-15-14(21)17-6-3-5-16(7-8-17)9-10-18/h12,18H,2-11H2,1H3,(H,15,21)(H,19,20). The van der Waals surface area contributed by atoms with Gasteiger partial charge in [0.15, 0.2) is 0 Å². The smallest absolute Gasteiger partial charge is 0.317 e. The van der Waals surface area contributed by atoms with E-state index in [0.29, 0.717) is 26.1 Å². The Morgan fingerprint density at radius 3 is 2.62 bits per heavy atom. The first-order chi connectivity index (χ1) is 10.1. The van der Waals surface area contributed by atoms with Crippen LogP contribution in [-0.2, 0) is 4.79 Å². The summed E-state index contributed by atoms with van der Waals surface area (Å²) in [5, 5.41) is 20.7. The van der Waals surface area contributed by atoms with Gasteiger partial charge in [-0.05, 0) is 19.4 Å². The van der Waals surface area contributed by atoms with Crippen molar-refractivity contribution in [3.05, 3.63) is 0 Å². The van der Waals surface area contributed by atoms with Gasteiger partial charge in [0.25, 0.3) is 0 Å². The number of amides is 2. The van der Waals surface area contributed by atoms with Crippen molar-refractivity contribution < 1.29 is 19.8 Å². The molecule has 1 rings (SSSR count). The summed E-state index contributed by atoms with van der Waals surface area (Å²) in [7, 11) is 0. The number of carbonyl (C=O) groups excluding carboxylic acids is 1. The monoisotopic (exact) mass is 301 g/mol. The van der Waals surface area contributed by atoms with Crippen molar-refractivity contribution in [2.24, 2.45) is 5.92 Å². The lowest BCUT2D eigenvalue weighted by molar-refractivity contribution is -0.141. The summed E-state index contributed by atoms with van der Waals surface area (Å²) in [6.45, 7) is 5.76. The zero-order chi connectivity index (χ0) is 15.7. The molecule has 1 aliphatic rings. The van der Waals surface area contributed by atoms with Gasteiger partial charge in [0.1, 0.15) is 0 Å². The van der Waals surface area contributed by atoms with Crippen LogP contribution < -0.4 is 5.32 Å². The Labute approximate surface area is 125 Å². The number of aliphatic hydroxyl groups excluding tert-OH is 1. The van der Waals surface area contributed by atoms with Gasteiger partial charge in [0.05, 0.1) is 12.5 Å². The van der Waals surface area contributed by atoms with Gasteiger partial charge >= 0.3 is 12.0 Å². The third-order valence-electron chi connectivity index (χ3n) is 3.78. The molecule has 0 aromatic heterocycles. The quantitative estimate of drug-likeness (QED) is 0.624. The molecule has 2 amide bonds. The molecule has 1 saturated heterocycles. The minimum absolute atomic E-state index is 0.128. The first-order valence-corrected chi connectivity index (χ1v) is 7.67. The third kappa shape index (κ3) is 6.31. The SMILES string of the molecule is CCCC(CNC(=O)N1CCCN(CCO)CC1)C(=O)O. The maximum Gasteiger partial charge on any atom is 0.317 e. The van der Waals surface area contributed by atoms with Crippen molar-refractivity contribution in [3.63, 3.8) is 0 Å². The van der Waals surface area contributed by atoms with E-state index in [4.69, 9.17) is 10.2 Å². The number of urea groups is 1. The van der Waals surface area contributed by atoms with E-state index >= 15 is 0 Å². The van der Waals surface area contributed by atoms with E-state index < -0.39 is 11.9 Å². The summed E-state index contributed by atoms with van der Waals surface area (Å²) in [6, 6.07) is -0.191. The van der Waals surface area contributed by atoms with E-state index in [1.54, 1.807) is 4.90 Å². The van der Waals surface area contributed by atoms with Crippen LogP contribution in [0.3, 0.4) is 0 Å². The van der Waals surface area contributed by atoms with Gasteiger partial charge in [-0.3, -0.25) is 9.69 Å². The van der Waals surface area contributed by atoms with E-state index in [1.165, 1.54) is 0 Å². The first-order valence-electron chi connectivity index (χ1n) is 7.67. The number of hydrogen-bond donors (Lipinski definition) is 3.